The van der Waals surface area contributed by atoms with E-state index in [1.165, 1.54) is 212 Å². The van der Waals surface area contributed by atoms with Crippen molar-refractivity contribution in [2.24, 2.45) is 11.8 Å². The molecule has 0 saturated carbocycles. The molecule has 576 valence electrons. The van der Waals surface area contributed by atoms with Gasteiger partial charge in [0.1, 0.15) is 19.3 Å². The fraction of sp³-hybridized carbons (Fsp3) is 0.949. The Morgan fingerprint density at radius 1 is 0.299 bits per heavy atom. The van der Waals surface area contributed by atoms with E-state index in [0.717, 1.165) is 115 Å². The Bertz CT molecular complexity index is 1870. The van der Waals surface area contributed by atoms with Gasteiger partial charge in [-0.3, -0.25) is 37.3 Å². The van der Waals surface area contributed by atoms with E-state index in [0.29, 0.717) is 25.7 Å². The predicted octanol–water partition coefficient (Wildman–Crippen LogP) is 23.1. The maximum Gasteiger partial charge on any atom is 0.472 e. The van der Waals surface area contributed by atoms with E-state index in [9.17, 15) is 43.2 Å². The SMILES string of the molecule is CCCCCCCCCCCCCCCCCCCCCCC(=O)O[C@H](COC(=O)CCCCCCCCCCCCCCCCCC(C)C)COP(=O)(O)OC[C@@H](O)COP(=O)(O)OC[C@@H](COC(=O)CCCCCCCCC)OC(=O)CCCCCCCCCCC(C)CC. The molecular weight excluding hydrogens is 1270 g/mol. The number of esters is 4. The van der Waals surface area contributed by atoms with Crippen molar-refractivity contribution in [3.05, 3.63) is 0 Å². The second-order valence-corrected chi connectivity index (χ2v) is 31.7. The molecule has 17 nitrogen and oxygen atoms in total. The topological polar surface area (TPSA) is 237 Å². The van der Waals surface area contributed by atoms with Crippen LogP contribution in [0.15, 0.2) is 0 Å². The van der Waals surface area contributed by atoms with E-state index < -0.39 is 97.5 Å². The fourth-order valence-corrected chi connectivity index (χ4v) is 13.6. The number of phosphoric acid groups is 2. The predicted molar refractivity (Wildman–Crippen MR) is 395 cm³/mol. The average molecular weight is 1420 g/mol. The average Bonchev–Trinajstić information content (AvgIpc) is 1.92. The molecule has 3 N–H and O–H groups in total. The van der Waals surface area contributed by atoms with E-state index in [1.54, 1.807) is 0 Å². The second kappa shape index (κ2) is 69.8. The van der Waals surface area contributed by atoms with Gasteiger partial charge in [0.25, 0.3) is 0 Å². The first-order chi connectivity index (χ1) is 46.9. The van der Waals surface area contributed by atoms with Gasteiger partial charge in [0.15, 0.2) is 12.2 Å². The minimum atomic E-state index is -4.96. The summed E-state index contributed by atoms with van der Waals surface area (Å²) < 4.78 is 68.5. The van der Waals surface area contributed by atoms with E-state index in [2.05, 4.69) is 41.5 Å². The Hall–Kier alpha value is -1.94. The van der Waals surface area contributed by atoms with Gasteiger partial charge in [0, 0.05) is 25.7 Å². The monoisotopic (exact) mass is 1420 g/mol. The van der Waals surface area contributed by atoms with Crippen LogP contribution in [0, 0.1) is 11.8 Å². The summed E-state index contributed by atoms with van der Waals surface area (Å²) in [5.41, 5.74) is 0. The number of unbranched alkanes of at least 4 members (excludes halogenated alkanes) is 46. The van der Waals surface area contributed by atoms with Crippen LogP contribution in [0.25, 0.3) is 0 Å². The molecule has 0 aliphatic carbocycles. The number of phosphoric ester groups is 2. The second-order valence-electron chi connectivity index (χ2n) is 28.8. The Labute approximate surface area is 594 Å². The quantitative estimate of drug-likeness (QED) is 0.0222. The number of hydrogen-bond donors (Lipinski definition) is 3. The number of rotatable bonds is 77. The zero-order chi connectivity index (χ0) is 71.4. The van der Waals surface area contributed by atoms with Crippen LogP contribution in [0.1, 0.15) is 408 Å². The number of carbonyl (C=O) groups excluding carboxylic acids is 4. The molecule has 0 aromatic rings. The first-order valence-electron chi connectivity index (χ1n) is 40.5. The Kier molecular flexibility index (Phi) is 68.4. The molecule has 0 aromatic heterocycles. The molecule has 0 heterocycles. The first-order valence-corrected chi connectivity index (χ1v) is 43.5. The van der Waals surface area contributed by atoms with Crippen molar-refractivity contribution in [1.29, 1.82) is 0 Å². The largest absolute Gasteiger partial charge is 0.472 e. The molecule has 3 unspecified atom stereocenters. The minimum absolute atomic E-state index is 0.105. The van der Waals surface area contributed by atoms with E-state index in [-0.39, 0.29) is 25.7 Å². The summed E-state index contributed by atoms with van der Waals surface area (Å²) in [5, 5.41) is 10.6. The van der Waals surface area contributed by atoms with Crippen LogP contribution < -0.4 is 0 Å². The molecule has 0 amide bonds. The maximum atomic E-state index is 13.1. The normalized spacial score (nSPS) is 14.2. The van der Waals surface area contributed by atoms with Crippen molar-refractivity contribution in [3.8, 4) is 0 Å². The molecule has 0 aromatic carbocycles. The van der Waals surface area contributed by atoms with Crippen LogP contribution in [0.3, 0.4) is 0 Å². The number of hydrogen-bond acceptors (Lipinski definition) is 15. The van der Waals surface area contributed by atoms with Gasteiger partial charge in [0.2, 0.25) is 0 Å². The fourth-order valence-electron chi connectivity index (χ4n) is 12.0. The number of carbonyl (C=O) groups is 4. The van der Waals surface area contributed by atoms with Crippen molar-refractivity contribution in [2.45, 2.75) is 426 Å². The zero-order valence-corrected chi connectivity index (χ0v) is 65.2. The summed E-state index contributed by atoms with van der Waals surface area (Å²) >= 11 is 0. The minimum Gasteiger partial charge on any atom is -0.462 e. The molecule has 0 spiro atoms. The van der Waals surface area contributed by atoms with Crippen molar-refractivity contribution >= 4 is 39.5 Å². The van der Waals surface area contributed by atoms with Gasteiger partial charge < -0.3 is 33.8 Å². The van der Waals surface area contributed by atoms with E-state index >= 15 is 0 Å². The summed E-state index contributed by atoms with van der Waals surface area (Å²) in [6, 6.07) is 0. The van der Waals surface area contributed by atoms with Crippen LogP contribution in [0.5, 0.6) is 0 Å². The van der Waals surface area contributed by atoms with Crippen LogP contribution in [-0.2, 0) is 65.4 Å². The molecule has 0 saturated heterocycles. The lowest BCUT2D eigenvalue weighted by molar-refractivity contribution is -0.161. The van der Waals surface area contributed by atoms with E-state index in [1.807, 2.05) is 0 Å². The number of ether oxygens (including phenoxy) is 4. The first kappa shape index (κ1) is 95.1. The lowest BCUT2D eigenvalue weighted by Gasteiger charge is -2.21. The Morgan fingerprint density at radius 3 is 0.784 bits per heavy atom. The molecule has 6 atom stereocenters. The van der Waals surface area contributed by atoms with Crippen LogP contribution in [0.4, 0.5) is 0 Å². The van der Waals surface area contributed by atoms with Crippen LogP contribution in [0.2, 0.25) is 0 Å². The standard InChI is InChI=1S/C78H152O17P2/c1-7-10-12-14-16-17-18-19-20-21-22-23-24-27-31-34-37-44-50-56-62-77(82)94-74(67-89-76(81)61-55-49-43-36-33-30-28-25-26-29-32-35-41-46-52-58-70(4)5)69-93-97(86,87)91-65-72(79)64-90-96(84,85)92-68-73(66-88-75(80)60-54-48-40-15-13-11-8-2)95-78(83)63-57-51-45-39-38-42-47-53-59-71(6)9-3/h70-74,79H,7-69H2,1-6H3,(H,84,85)(H,86,87)/t71?,72-,73+,74+/m0/s1. The molecule has 0 aliphatic rings. The third kappa shape index (κ3) is 70.9. The number of aliphatic hydroxyl groups excluding tert-OH is 1. The third-order valence-electron chi connectivity index (χ3n) is 18.6. The summed E-state index contributed by atoms with van der Waals surface area (Å²) in [6.45, 7) is 9.59. The third-order valence-corrected chi connectivity index (χ3v) is 20.5. The highest BCUT2D eigenvalue weighted by molar-refractivity contribution is 7.47. The van der Waals surface area contributed by atoms with Gasteiger partial charge in [-0.1, -0.05) is 356 Å². The molecule has 19 heteroatoms. The highest BCUT2D eigenvalue weighted by atomic mass is 31.2. The van der Waals surface area contributed by atoms with Crippen LogP contribution >= 0.6 is 15.6 Å². The summed E-state index contributed by atoms with van der Waals surface area (Å²) in [4.78, 5) is 72.7. The van der Waals surface area contributed by atoms with Crippen molar-refractivity contribution < 1.29 is 80.2 Å². The van der Waals surface area contributed by atoms with Gasteiger partial charge in [-0.15, -0.1) is 0 Å². The lowest BCUT2D eigenvalue weighted by atomic mass is 9.99. The molecule has 0 bridgehead atoms. The lowest BCUT2D eigenvalue weighted by Crippen LogP contribution is -2.30. The Balaban J connectivity index is 5.18. The van der Waals surface area contributed by atoms with Gasteiger partial charge in [-0.25, -0.2) is 9.13 Å². The van der Waals surface area contributed by atoms with Gasteiger partial charge in [0.05, 0.1) is 26.4 Å². The smallest absolute Gasteiger partial charge is 0.462 e. The zero-order valence-electron chi connectivity index (χ0n) is 63.4. The van der Waals surface area contributed by atoms with Gasteiger partial charge in [-0.05, 0) is 37.5 Å². The van der Waals surface area contributed by atoms with Crippen molar-refractivity contribution in [3.63, 3.8) is 0 Å². The number of aliphatic hydroxyl groups is 1. The molecular formula is C78H152O17P2. The highest BCUT2D eigenvalue weighted by Gasteiger charge is 2.30. The molecule has 0 aliphatic heterocycles. The molecule has 0 radical (unpaired) electrons. The summed E-state index contributed by atoms with van der Waals surface area (Å²) in [6.07, 6.45) is 58.5. The molecule has 97 heavy (non-hydrogen) atoms. The molecule has 0 fully saturated rings. The van der Waals surface area contributed by atoms with Gasteiger partial charge in [-0.2, -0.15) is 0 Å². The Morgan fingerprint density at radius 2 is 0.526 bits per heavy atom. The molecule has 0 rings (SSSR count). The summed E-state index contributed by atoms with van der Waals surface area (Å²) in [5.74, 6) is -0.543. The van der Waals surface area contributed by atoms with Gasteiger partial charge >= 0.3 is 39.5 Å². The maximum absolute atomic E-state index is 13.1. The van der Waals surface area contributed by atoms with Crippen LogP contribution in [-0.4, -0.2) is 96.7 Å². The van der Waals surface area contributed by atoms with Crippen molar-refractivity contribution in [1.82, 2.24) is 0 Å². The summed E-state index contributed by atoms with van der Waals surface area (Å²) in [7, 11) is -9.91. The van der Waals surface area contributed by atoms with E-state index in [4.69, 9.17) is 37.0 Å². The highest BCUT2D eigenvalue weighted by Crippen LogP contribution is 2.45. The van der Waals surface area contributed by atoms with Crippen molar-refractivity contribution in [2.75, 3.05) is 39.6 Å².